The number of carbonyl (C=O) groups is 1. The van der Waals surface area contributed by atoms with Crippen LogP contribution >= 0.6 is 0 Å². The van der Waals surface area contributed by atoms with E-state index in [1.807, 2.05) is 25.3 Å². The number of sulfonamides is 1. The van der Waals surface area contributed by atoms with E-state index < -0.39 is 22.1 Å². The van der Waals surface area contributed by atoms with E-state index in [0.29, 0.717) is 41.8 Å². The van der Waals surface area contributed by atoms with E-state index in [0.717, 1.165) is 5.82 Å². The molecule has 0 aliphatic rings. The van der Waals surface area contributed by atoms with E-state index in [9.17, 15) is 23.4 Å². The van der Waals surface area contributed by atoms with Crippen molar-refractivity contribution < 1.29 is 23.4 Å². The molecule has 39 heavy (non-hydrogen) atoms. The van der Waals surface area contributed by atoms with Crippen LogP contribution in [0.1, 0.15) is 55.2 Å². The first kappa shape index (κ1) is 28.2. The average molecular weight is 552 g/mol. The second kappa shape index (κ2) is 11.5. The van der Waals surface area contributed by atoms with E-state index >= 15 is 0 Å². The fourth-order valence-corrected chi connectivity index (χ4v) is 5.34. The SMILES string of the molecule is CCc1nc2ccc(C(=O)O)nc2n1CCC(C)(C)NC[C@H](O)c1cccc(NS(=O)(=O)c2ccccc2)c1. The number of aromatic nitrogens is 3. The molecule has 1 atom stereocenters. The van der Waals surface area contributed by atoms with Gasteiger partial charge in [-0.1, -0.05) is 37.3 Å². The lowest BCUT2D eigenvalue weighted by molar-refractivity contribution is 0.0690. The molecule has 2 aromatic carbocycles. The van der Waals surface area contributed by atoms with E-state index in [1.54, 1.807) is 48.5 Å². The molecule has 0 aliphatic carbocycles. The molecular weight excluding hydrogens is 518 g/mol. The zero-order valence-electron chi connectivity index (χ0n) is 22.1. The molecule has 0 unspecified atom stereocenters. The standard InChI is InChI=1S/C28H33N5O5S/c1-4-25-30-22-13-14-23(27(35)36)31-26(22)33(25)16-15-28(2,3)29-18-24(34)19-9-8-10-20(17-19)32-39(37,38)21-11-6-5-7-12-21/h5-14,17,24,29,32,34H,4,15-16,18H2,1-3H3,(H,35,36)/t24-/m0/s1. The number of rotatable bonds is 12. The first-order valence-corrected chi connectivity index (χ1v) is 14.2. The molecule has 206 valence electrons. The number of nitrogens with zero attached hydrogens (tertiary/aromatic N) is 3. The molecule has 2 aromatic heterocycles. The van der Waals surface area contributed by atoms with E-state index in [1.165, 1.54) is 18.2 Å². The number of anilines is 1. The third kappa shape index (κ3) is 6.80. The number of β-amino-alcohol motifs (C(OH)–C–C–N with tert-alkyl or cyclic N) is 1. The fourth-order valence-electron chi connectivity index (χ4n) is 4.27. The Kier molecular flexibility index (Phi) is 8.34. The molecule has 4 rings (SSSR count). The van der Waals surface area contributed by atoms with E-state index in [2.05, 4.69) is 20.0 Å². The third-order valence-corrected chi connectivity index (χ3v) is 7.92. The van der Waals surface area contributed by atoms with Gasteiger partial charge in [0.15, 0.2) is 11.3 Å². The van der Waals surface area contributed by atoms with Crippen LogP contribution in [0.3, 0.4) is 0 Å². The van der Waals surface area contributed by atoms with Crippen molar-refractivity contribution >= 4 is 32.8 Å². The summed E-state index contributed by atoms with van der Waals surface area (Å²) in [7, 11) is -3.74. The number of hydrogen-bond donors (Lipinski definition) is 4. The third-order valence-electron chi connectivity index (χ3n) is 6.52. The minimum absolute atomic E-state index is 0.0277. The molecule has 4 aromatic rings. The lowest BCUT2D eigenvalue weighted by Crippen LogP contribution is -2.42. The van der Waals surface area contributed by atoms with Gasteiger partial charge in [0.2, 0.25) is 0 Å². The van der Waals surface area contributed by atoms with Gasteiger partial charge in [0.25, 0.3) is 10.0 Å². The van der Waals surface area contributed by atoms with Gasteiger partial charge in [0, 0.05) is 30.7 Å². The normalized spacial score (nSPS) is 12.9. The number of carboxylic acids is 1. The molecule has 0 fully saturated rings. The molecular formula is C28H33N5O5S. The Morgan fingerprint density at radius 1 is 1.05 bits per heavy atom. The summed E-state index contributed by atoms with van der Waals surface area (Å²) in [5.41, 5.74) is 1.71. The van der Waals surface area contributed by atoms with Crippen molar-refractivity contribution in [2.75, 3.05) is 11.3 Å². The predicted molar refractivity (Wildman–Crippen MR) is 149 cm³/mol. The first-order chi connectivity index (χ1) is 18.5. The van der Waals surface area contributed by atoms with E-state index in [4.69, 9.17) is 0 Å². The van der Waals surface area contributed by atoms with Crippen LogP contribution in [0.5, 0.6) is 0 Å². The van der Waals surface area contributed by atoms with Crippen LogP contribution in [-0.4, -0.2) is 51.2 Å². The Bertz CT molecular complexity index is 1570. The summed E-state index contributed by atoms with van der Waals surface area (Å²) in [6.45, 7) is 6.83. The van der Waals surface area contributed by atoms with Crippen molar-refractivity contribution in [1.29, 1.82) is 0 Å². The van der Waals surface area contributed by atoms with Crippen LogP contribution in [0, 0.1) is 0 Å². The van der Waals surface area contributed by atoms with Gasteiger partial charge in [-0.15, -0.1) is 0 Å². The number of nitrogens with one attached hydrogen (secondary N) is 2. The number of aromatic carboxylic acids is 1. The van der Waals surface area contributed by atoms with Gasteiger partial charge in [-0.25, -0.2) is 23.2 Å². The smallest absolute Gasteiger partial charge is 0.354 e. The van der Waals surface area contributed by atoms with Gasteiger partial charge < -0.3 is 20.1 Å². The Morgan fingerprint density at radius 3 is 2.49 bits per heavy atom. The van der Waals surface area contributed by atoms with Gasteiger partial charge in [0.05, 0.1) is 11.0 Å². The quantitative estimate of drug-likeness (QED) is 0.207. The monoisotopic (exact) mass is 551 g/mol. The molecule has 0 saturated heterocycles. The minimum atomic E-state index is -3.74. The number of carboxylic acid groups (broad SMARTS) is 1. The second-order valence-electron chi connectivity index (χ2n) is 9.95. The molecule has 10 nitrogen and oxygen atoms in total. The highest BCUT2D eigenvalue weighted by Gasteiger charge is 2.22. The second-order valence-corrected chi connectivity index (χ2v) is 11.6. The summed E-state index contributed by atoms with van der Waals surface area (Å²) < 4.78 is 29.8. The van der Waals surface area contributed by atoms with Crippen LogP contribution in [0.15, 0.2) is 71.6 Å². The van der Waals surface area contributed by atoms with Crippen LogP contribution in [0.25, 0.3) is 11.2 Å². The van der Waals surface area contributed by atoms with Gasteiger partial charge in [-0.2, -0.15) is 0 Å². The highest BCUT2D eigenvalue weighted by molar-refractivity contribution is 7.92. The van der Waals surface area contributed by atoms with Gasteiger partial charge in [-0.05, 0) is 62.2 Å². The fraction of sp³-hybridized carbons (Fsp3) is 0.321. The molecule has 0 spiro atoms. The Balaban J connectivity index is 1.41. The maximum atomic E-state index is 12.7. The van der Waals surface area contributed by atoms with Gasteiger partial charge >= 0.3 is 5.97 Å². The molecule has 0 bridgehead atoms. The summed E-state index contributed by atoms with van der Waals surface area (Å²) >= 11 is 0. The van der Waals surface area contributed by atoms with Crippen LogP contribution in [0.2, 0.25) is 0 Å². The summed E-state index contributed by atoms with van der Waals surface area (Å²) in [5, 5.41) is 23.6. The van der Waals surface area contributed by atoms with Gasteiger partial charge in [-0.3, -0.25) is 4.72 Å². The van der Waals surface area contributed by atoms with Crippen molar-refractivity contribution in [3.63, 3.8) is 0 Å². The maximum absolute atomic E-state index is 12.7. The zero-order chi connectivity index (χ0) is 28.2. The summed E-state index contributed by atoms with van der Waals surface area (Å²) in [6.07, 6.45) is 0.467. The molecule has 4 N–H and O–H groups in total. The van der Waals surface area contributed by atoms with Crippen molar-refractivity contribution in [3.8, 4) is 0 Å². The summed E-state index contributed by atoms with van der Waals surface area (Å²) in [4.78, 5) is 20.5. The van der Waals surface area contributed by atoms with Crippen LogP contribution < -0.4 is 10.0 Å². The largest absolute Gasteiger partial charge is 0.477 e. The molecule has 0 amide bonds. The maximum Gasteiger partial charge on any atom is 0.354 e. The lowest BCUT2D eigenvalue weighted by atomic mass is 9.99. The molecule has 0 saturated carbocycles. The average Bonchev–Trinajstić information content (AvgIpc) is 3.28. The van der Waals surface area contributed by atoms with E-state index in [-0.39, 0.29) is 22.7 Å². The van der Waals surface area contributed by atoms with Crippen molar-refractivity contribution in [2.45, 2.75) is 56.7 Å². The predicted octanol–water partition coefficient (Wildman–Crippen LogP) is 3.98. The molecule has 2 heterocycles. The number of aryl methyl sites for hydroxylation is 2. The molecule has 11 heteroatoms. The highest BCUT2D eigenvalue weighted by atomic mass is 32.2. The zero-order valence-corrected chi connectivity index (χ0v) is 22.9. The summed E-state index contributed by atoms with van der Waals surface area (Å²) in [5.74, 6) is -0.263. The van der Waals surface area contributed by atoms with Crippen LogP contribution in [-0.2, 0) is 23.0 Å². The van der Waals surface area contributed by atoms with Crippen molar-refractivity contribution in [3.05, 3.63) is 83.8 Å². The Hall–Kier alpha value is -3.80. The Labute approximate surface area is 227 Å². The number of benzene rings is 2. The minimum Gasteiger partial charge on any atom is -0.477 e. The molecule has 0 radical (unpaired) electrons. The molecule has 0 aliphatic heterocycles. The number of aliphatic hydroxyl groups excluding tert-OH is 1. The highest BCUT2D eigenvalue weighted by Crippen LogP contribution is 2.23. The van der Waals surface area contributed by atoms with Crippen molar-refractivity contribution in [2.24, 2.45) is 0 Å². The number of aliphatic hydroxyl groups is 1. The van der Waals surface area contributed by atoms with Crippen LogP contribution in [0.4, 0.5) is 5.69 Å². The topological polar surface area (TPSA) is 146 Å². The number of hydrogen-bond acceptors (Lipinski definition) is 7. The number of pyridine rings is 1. The first-order valence-electron chi connectivity index (χ1n) is 12.7. The number of imidazole rings is 1. The summed E-state index contributed by atoms with van der Waals surface area (Å²) in [6, 6.07) is 17.9. The number of fused-ring (bicyclic) bond motifs is 1. The Morgan fingerprint density at radius 2 is 1.79 bits per heavy atom. The van der Waals surface area contributed by atoms with Gasteiger partial charge in [0.1, 0.15) is 11.3 Å². The lowest BCUT2D eigenvalue weighted by Gasteiger charge is -2.28. The van der Waals surface area contributed by atoms with Crippen molar-refractivity contribution in [1.82, 2.24) is 19.9 Å².